The maximum absolute atomic E-state index is 13.3. The number of nitrogens with one attached hydrogen (secondary N) is 1. The molecule has 2 amide bonds. The van der Waals surface area contributed by atoms with Crippen molar-refractivity contribution < 1.29 is 29.7 Å². The fourth-order valence-electron chi connectivity index (χ4n) is 4.24. The summed E-state index contributed by atoms with van der Waals surface area (Å²) in [5.41, 5.74) is -1.13. The Morgan fingerprint density at radius 3 is 2.34 bits per heavy atom. The first-order chi connectivity index (χ1) is 13.6. The summed E-state index contributed by atoms with van der Waals surface area (Å²) in [7, 11) is 0. The van der Waals surface area contributed by atoms with Gasteiger partial charge in [-0.05, 0) is 37.3 Å². The lowest BCUT2D eigenvalue weighted by atomic mass is 9.80. The topological polar surface area (TPSA) is 127 Å². The second kappa shape index (κ2) is 6.57. The lowest BCUT2D eigenvalue weighted by molar-refractivity contribution is -0.147. The van der Waals surface area contributed by atoms with Crippen molar-refractivity contribution in [2.75, 3.05) is 4.90 Å². The smallest absolute Gasteiger partial charge is 0.324 e. The van der Waals surface area contributed by atoms with E-state index in [4.69, 9.17) is 0 Å². The van der Waals surface area contributed by atoms with Gasteiger partial charge in [0.25, 0.3) is 0 Å². The number of nitrogens with zero attached hydrogens (tertiary/aromatic N) is 1. The van der Waals surface area contributed by atoms with Gasteiger partial charge < -0.3 is 15.3 Å². The van der Waals surface area contributed by atoms with Crippen molar-refractivity contribution >= 4 is 39.4 Å². The average Bonchev–Trinajstić information content (AvgIpc) is 3.11. The maximum Gasteiger partial charge on any atom is 0.324 e. The summed E-state index contributed by atoms with van der Waals surface area (Å²) in [5, 5.41) is 32.6. The molecule has 29 heavy (non-hydrogen) atoms. The summed E-state index contributed by atoms with van der Waals surface area (Å²) < 4.78 is 0.768. The van der Waals surface area contributed by atoms with Crippen LogP contribution in [-0.2, 0) is 14.4 Å². The minimum absolute atomic E-state index is 0.174. The van der Waals surface area contributed by atoms with Crippen molar-refractivity contribution in [1.29, 1.82) is 0 Å². The highest BCUT2D eigenvalue weighted by Gasteiger charge is 2.67. The monoisotopic (exact) mass is 460 g/mol. The zero-order valence-electron chi connectivity index (χ0n) is 15.2. The second-order valence-electron chi connectivity index (χ2n) is 7.36. The Morgan fingerprint density at radius 1 is 1.10 bits per heavy atom. The van der Waals surface area contributed by atoms with Crippen LogP contribution in [0.2, 0.25) is 0 Å². The van der Waals surface area contributed by atoms with Crippen LogP contribution in [0.15, 0.2) is 46.9 Å². The average molecular weight is 461 g/mol. The van der Waals surface area contributed by atoms with Gasteiger partial charge in [0.1, 0.15) is 17.0 Å². The number of carboxylic acid groups (broad SMARTS) is 1. The van der Waals surface area contributed by atoms with Crippen molar-refractivity contribution in [2.24, 2.45) is 11.8 Å². The molecule has 9 heteroatoms. The summed E-state index contributed by atoms with van der Waals surface area (Å²) in [5.74, 6) is -5.08. The van der Waals surface area contributed by atoms with Crippen LogP contribution < -0.4 is 10.2 Å². The normalized spacial score (nSPS) is 28.6. The Kier molecular flexibility index (Phi) is 4.39. The molecule has 8 nitrogen and oxygen atoms in total. The Hall–Kier alpha value is -2.91. The molecule has 4 atom stereocenters. The van der Waals surface area contributed by atoms with Crippen molar-refractivity contribution in [2.45, 2.75) is 18.5 Å². The molecule has 2 aromatic rings. The third-order valence-corrected chi connectivity index (χ3v) is 6.19. The Balaban J connectivity index is 1.84. The number of carbonyl (C=O) groups is 3. The van der Waals surface area contributed by atoms with Gasteiger partial charge in [0.2, 0.25) is 11.8 Å². The zero-order valence-corrected chi connectivity index (χ0v) is 16.8. The first-order valence-corrected chi connectivity index (χ1v) is 9.61. The molecule has 0 aliphatic carbocycles. The molecular formula is C20H17BrN2O6. The van der Waals surface area contributed by atoms with Crippen molar-refractivity contribution in [3.05, 3.63) is 52.5 Å². The van der Waals surface area contributed by atoms with Gasteiger partial charge in [-0.25, -0.2) is 4.90 Å². The van der Waals surface area contributed by atoms with Crippen LogP contribution in [0.25, 0.3) is 0 Å². The summed E-state index contributed by atoms with van der Waals surface area (Å²) in [6, 6.07) is 9.49. The molecule has 2 aliphatic heterocycles. The van der Waals surface area contributed by atoms with Crippen molar-refractivity contribution in [1.82, 2.24) is 5.32 Å². The van der Waals surface area contributed by atoms with E-state index in [1.165, 1.54) is 19.1 Å². The highest BCUT2D eigenvalue weighted by atomic mass is 79.9. The number of carboxylic acids is 1. The van der Waals surface area contributed by atoms with Crippen LogP contribution in [0, 0.1) is 11.8 Å². The van der Waals surface area contributed by atoms with Crippen LogP contribution in [0.3, 0.4) is 0 Å². The molecule has 2 fully saturated rings. The van der Waals surface area contributed by atoms with Gasteiger partial charge in [-0.2, -0.15) is 0 Å². The van der Waals surface area contributed by atoms with Crippen LogP contribution in [-0.4, -0.2) is 38.6 Å². The number of amides is 2. The van der Waals surface area contributed by atoms with E-state index in [0.717, 1.165) is 15.4 Å². The third kappa shape index (κ3) is 2.80. The van der Waals surface area contributed by atoms with Gasteiger partial charge in [0.05, 0.1) is 17.5 Å². The molecule has 150 valence electrons. The molecule has 0 radical (unpaired) electrons. The first-order valence-electron chi connectivity index (χ1n) is 8.81. The van der Waals surface area contributed by atoms with E-state index < -0.39 is 41.2 Å². The molecule has 2 aliphatic rings. The van der Waals surface area contributed by atoms with E-state index in [9.17, 15) is 29.7 Å². The molecule has 4 N–H and O–H groups in total. The minimum atomic E-state index is -1.71. The SMILES string of the molecule is C[C@]1(C(=O)O)N[C@H](c2ccc(O)cc2O)[C@@H]2C(=O)N(c3ccc(Br)cc3)C(=O)[C@@H]21. The molecule has 0 saturated carbocycles. The van der Waals surface area contributed by atoms with E-state index >= 15 is 0 Å². The molecular weight excluding hydrogens is 444 g/mol. The van der Waals surface area contributed by atoms with E-state index in [0.29, 0.717) is 5.69 Å². The molecule has 0 spiro atoms. The predicted molar refractivity (Wildman–Crippen MR) is 105 cm³/mol. The Labute approximate surface area is 173 Å². The van der Waals surface area contributed by atoms with Gasteiger partial charge in [0.15, 0.2) is 0 Å². The van der Waals surface area contributed by atoms with E-state index in [2.05, 4.69) is 21.2 Å². The number of halogens is 1. The lowest BCUT2D eigenvalue weighted by Crippen LogP contribution is -2.53. The molecule has 4 rings (SSSR count). The molecule has 2 heterocycles. The second-order valence-corrected chi connectivity index (χ2v) is 8.28. The van der Waals surface area contributed by atoms with E-state index in [-0.39, 0.29) is 17.1 Å². The largest absolute Gasteiger partial charge is 0.508 e. The predicted octanol–water partition coefficient (Wildman–Crippen LogP) is 2.15. The number of imide groups is 1. The number of benzene rings is 2. The summed E-state index contributed by atoms with van der Waals surface area (Å²) in [6.45, 7) is 1.36. The number of anilines is 1. The van der Waals surface area contributed by atoms with E-state index in [1.54, 1.807) is 24.3 Å². The number of fused-ring (bicyclic) bond motifs is 1. The molecule has 0 unspecified atom stereocenters. The highest BCUT2D eigenvalue weighted by Crippen LogP contribution is 2.51. The number of phenolic OH excluding ortho intramolecular Hbond substituents is 2. The number of rotatable bonds is 3. The van der Waals surface area contributed by atoms with Crippen molar-refractivity contribution in [3.8, 4) is 11.5 Å². The maximum atomic E-state index is 13.3. The van der Waals surface area contributed by atoms with Gasteiger partial charge in [-0.3, -0.25) is 19.7 Å². The molecule has 0 aromatic heterocycles. The van der Waals surface area contributed by atoms with Crippen LogP contribution in [0.4, 0.5) is 5.69 Å². The van der Waals surface area contributed by atoms with Gasteiger partial charge in [-0.1, -0.05) is 22.0 Å². The Bertz CT molecular complexity index is 1040. The number of hydrogen-bond donors (Lipinski definition) is 4. The summed E-state index contributed by atoms with van der Waals surface area (Å²) >= 11 is 3.30. The number of aliphatic carboxylic acids is 1. The number of aromatic hydroxyl groups is 2. The number of phenols is 2. The Morgan fingerprint density at radius 2 is 1.76 bits per heavy atom. The molecule has 2 saturated heterocycles. The lowest BCUT2D eigenvalue weighted by Gasteiger charge is -2.27. The standard InChI is InChI=1S/C20H17BrN2O6/c1-20(19(28)29)15-14(16(22-20)12-7-6-11(24)8-13(12)25)17(26)23(18(15)27)10-4-2-9(21)3-5-10/h2-8,14-16,22,24-25H,1H3,(H,28,29)/t14-,15-,16-,20+/m1/s1. The molecule has 2 aromatic carbocycles. The quantitative estimate of drug-likeness (QED) is 0.516. The van der Waals surface area contributed by atoms with Crippen LogP contribution in [0.1, 0.15) is 18.5 Å². The number of hydrogen-bond acceptors (Lipinski definition) is 6. The van der Waals surface area contributed by atoms with Crippen LogP contribution in [0.5, 0.6) is 11.5 Å². The van der Waals surface area contributed by atoms with E-state index in [1.807, 2.05) is 0 Å². The molecule has 0 bridgehead atoms. The third-order valence-electron chi connectivity index (χ3n) is 5.67. The van der Waals surface area contributed by atoms with Crippen LogP contribution >= 0.6 is 15.9 Å². The zero-order chi connectivity index (χ0) is 21.1. The highest BCUT2D eigenvalue weighted by molar-refractivity contribution is 9.10. The van der Waals surface area contributed by atoms with Gasteiger partial charge in [-0.15, -0.1) is 0 Å². The first kappa shape index (κ1) is 19.4. The van der Waals surface area contributed by atoms with Gasteiger partial charge in [0, 0.05) is 22.1 Å². The fourth-order valence-corrected chi connectivity index (χ4v) is 4.51. The summed E-state index contributed by atoms with van der Waals surface area (Å²) in [6.07, 6.45) is 0. The van der Waals surface area contributed by atoms with Gasteiger partial charge >= 0.3 is 5.97 Å². The number of carbonyl (C=O) groups excluding carboxylic acids is 2. The van der Waals surface area contributed by atoms with Crippen molar-refractivity contribution in [3.63, 3.8) is 0 Å². The minimum Gasteiger partial charge on any atom is -0.508 e. The summed E-state index contributed by atoms with van der Waals surface area (Å²) in [4.78, 5) is 39.6. The fraction of sp³-hybridized carbons (Fsp3) is 0.250.